The van der Waals surface area contributed by atoms with Crippen LogP contribution in [-0.2, 0) is 0 Å². The lowest BCUT2D eigenvalue weighted by Crippen LogP contribution is -2.41. The first-order valence-electron chi connectivity index (χ1n) is 6.76. The summed E-state index contributed by atoms with van der Waals surface area (Å²) >= 11 is 11.7. The summed E-state index contributed by atoms with van der Waals surface area (Å²) in [7, 11) is 0. The lowest BCUT2D eigenvalue weighted by Gasteiger charge is -2.35. The van der Waals surface area contributed by atoms with E-state index < -0.39 is 0 Å². The molecule has 2 N–H and O–H groups in total. The standard InChI is InChI=1S/C14H18Cl2N2O2/c15-11-7-17-12(16)6-10(11)13(20)18-8-14(9-19)4-2-1-3-5-14/h6-7,19H,1-5,8-9H2,(H,18,20). The predicted molar refractivity (Wildman–Crippen MR) is 79.2 cm³/mol. The van der Waals surface area contributed by atoms with Gasteiger partial charge >= 0.3 is 0 Å². The lowest BCUT2D eigenvalue weighted by molar-refractivity contribution is 0.0718. The first kappa shape index (κ1) is 15.5. The highest BCUT2D eigenvalue weighted by molar-refractivity contribution is 6.35. The van der Waals surface area contributed by atoms with Crippen LogP contribution < -0.4 is 5.32 Å². The van der Waals surface area contributed by atoms with Crippen LogP contribution in [-0.4, -0.2) is 29.1 Å². The number of amides is 1. The van der Waals surface area contributed by atoms with Crippen molar-refractivity contribution < 1.29 is 9.90 Å². The van der Waals surface area contributed by atoms with Crippen LogP contribution in [0.1, 0.15) is 42.5 Å². The zero-order chi connectivity index (χ0) is 14.6. The third kappa shape index (κ3) is 3.62. The maximum absolute atomic E-state index is 12.2. The van der Waals surface area contributed by atoms with Crippen molar-refractivity contribution in [1.29, 1.82) is 0 Å². The molecule has 1 aliphatic rings. The van der Waals surface area contributed by atoms with Gasteiger partial charge in [-0.15, -0.1) is 0 Å². The second kappa shape index (κ2) is 6.74. The smallest absolute Gasteiger partial charge is 0.252 e. The van der Waals surface area contributed by atoms with Crippen LogP contribution in [0.4, 0.5) is 0 Å². The molecular formula is C14H18Cl2N2O2. The molecule has 1 heterocycles. The summed E-state index contributed by atoms with van der Waals surface area (Å²) in [4.78, 5) is 16.0. The van der Waals surface area contributed by atoms with Crippen molar-refractivity contribution in [1.82, 2.24) is 10.3 Å². The molecule has 1 aliphatic carbocycles. The number of pyridine rings is 1. The number of aromatic nitrogens is 1. The Balaban J connectivity index is 2.02. The van der Waals surface area contributed by atoms with E-state index in [2.05, 4.69) is 10.3 Å². The Hall–Kier alpha value is -0.840. The summed E-state index contributed by atoms with van der Waals surface area (Å²) in [6.45, 7) is 0.552. The van der Waals surface area contributed by atoms with Gasteiger partial charge < -0.3 is 10.4 Å². The Bertz CT molecular complexity index is 488. The molecule has 1 amide bonds. The largest absolute Gasteiger partial charge is 0.396 e. The Morgan fingerprint density at radius 3 is 2.70 bits per heavy atom. The number of aliphatic hydroxyl groups excluding tert-OH is 1. The van der Waals surface area contributed by atoms with Crippen LogP contribution >= 0.6 is 23.2 Å². The molecule has 20 heavy (non-hydrogen) atoms. The minimum Gasteiger partial charge on any atom is -0.396 e. The number of hydrogen-bond acceptors (Lipinski definition) is 3. The van der Waals surface area contributed by atoms with Crippen molar-refractivity contribution in [3.8, 4) is 0 Å². The van der Waals surface area contributed by atoms with Crippen LogP contribution in [0, 0.1) is 5.41 Å². The molecular weight excluding hydrogens is 299 g/mol. The molecule has 2 rings (SSSR count). The van der Waals surface area contributed by atoms with Crippen LogP contribution in [0.25, 0.3) is 0 Å². The summed E-state index contributed by atoms with van der Waals surface area (Å²) in [5.41, 5.74) is 0.118. The Morgan fingerprint density at radius 1 is 1.35 bits per heavy atom. The van der Waals surface area contributed by atoms with Gasteiger partial charge in [0.25, 0.3) is 5.91 Å². The van der Waals surface area contributed by atoms with E-state index in [9.17, 15) is 9.90 Å². The van der Waals surface area contributed by atoms with Crippen molar-refractivity contribution in [2.75, 3.05) is 13.2 Å². The SMILES string of the molecule is O=C(NCC1(CO)CCCCC1)c1cc(Cl)ncc1Cl. The first-order valence-corrected chi connectivity index (χ1v) is 7.52. The predicted octanol–water partition coefficient (Wildman–Crippen LogP) is 3.06. The fraction of sp³-hybridized carbons (Fsp3) is 0.571. The van der Waals surface area contributed by atoms with E-state index in [0.29, 0.717) is 12.1 Å². The van der Waals surface area contributed by atoms with E-state index in [1.807, 2.05) is 0 Å². The van der Waals surface area contributed by atoms with Gasteiger partial charge in [0, 0.05) is 18.2 Å². The number of aliphatic hydroxyl groups is 1. The number of carbonyl (C=O) groups excluding carboxylic acids is 1. The van der Waals surface area contributed by atoms with Crippen LogP contribution in [0.5, 0.6) is 0 Å². The van der Waals surface area contributed by atoms with Crippen molar-refractivity contribution >= 4 is 29.1 Å². The molecule has 1 saturated carbocycles. The summed E-state index contributed by atoms with van der Waals surface area (Å²) in [5, 5.41) is 13.0. The summed E-state index contributed by atoms with van der Waals surface area (Å²) in [5.74, 6) is -0.280. The number of carbonyl (C=O) groups is 1. The molecule has 6 heteroatoms. The van der Waals surface area contributed by atoms with E-state index >= 15 is 0 Å². The molecule has 0 atom stereocenters. The Morgan fingerprint density at radius 2 is 2.05 bits per heavy atom. The molecule has 1 aromatic rings. The number of halogens is 2. The van der Waals surface area contributed by atoms with E-state index in [1.54, 1.807) is 0 Å². The molecule has 0 aromatic carbocycles. The van der Waals surface area contributed by atoms with Gasteiger partial charge in [-0.05, 0) is 18.9 Å². The van der Waals surface area contributed by atoms with Crippen molar-refractivity contribution in [2.24, 2.45) is 5.41 Å². The van der Waals surface area contributed by atoms with Gasteiger partial charge in [-0.2, -0.15) is 0 Å². The third-order valence-electron chi connectivity index (χ3n) is 3.94. The molecule has 4 nitrogen and oxygen atoms in total. The fourth-order valence-electron chi connectivity index (χ4n) is 2.64. The number of hydrogen-bond donors (Lipinski definition) is 2. The Labute approximate surface area is 128 Å². The second-order valence-electron chi connectivity index (χ2n) is 5.39. The fourth-order valence-corrected chi connectivity index (χ4v) is 2.99. The first-order chi connectivity index (χ1) is 9.56. The van der Waals surface area contributed by atoms with E-state index in [4.69, 9.17) is 23.2 Å². The maximum atomic E-state index is 12.2. The minimum atomic E-state index is -0.280. The van der Waals surface area contributed by atoms with Crippen molar-refractivity contribution in [3.05, 3.63) is 28.0 Å². The molecule has 0 saturated heterocycles. The lowest BCUT2D eigenvalue weighted by atomic mass is 9.74. The van der Waals surface area contributed by atoms with Crippen molar-refractivity contribution in [3.63, 3.8) is 0 Å². The zero-order valence-corrected chi connectivity index (χ0v) is 12.7. The highest BCUT2D eigenvalue weighted by Gasteiger charge is 2.31. The third-order valence-corrected chi connectivity index (χ3v) is 4.45. The normalized spacial score (nSPS) is 17.8. The van der Waals surface area contributed by atoms with E-state index in [0.717, 1.165) is 25.7 Å². The van der Waals surface area contributed by atoms with Gasteiger partial charge in [0.1, 0.15) is 5.15 Å². The van der Waals surface area contributed by atoms with Gasteiger partial charge in [0.15, 0.2) is 0 Å². The zero-order valence-electron chi connectivity index (χ0n) is 11.2. The molecule has 0 radical (unpaired) electrons. The molecule has 0 bridgehead atoms. The highest BCUT2D eigenvalue weighted by atomic mass is 35.5. The molecule has 1 aromatic heterocycles. The average Bonchev–Trinajstić information content (AvgIpc) is 2.48. The number of nitrogens with zero attached hydrogens (tertiary/aromatic N) is 1. The maximum Gasteiger partial charge on any atom is 0.252 e. The summed E-state index contributed by atoms with van der Waals surface area (Å²) in [6, 6.07) is 1.45. The van der Waals surface area contributed by atoms with Crippen LogP contribution in [0.3, 0.4) is 0 Å². The highest BCUT2D eigenvalue weighted by Crippen LogP contribution is 2.35. The second-order valence-corrected chi connectivity index (χ2v) is 6.18. The van der Waals surface area contributed by atoms with Crippen LogP contribution in [0.15, 0.2) is 12.3 Å². The van der Waals surface area contributed by atoms with E-state index in [1.165, 1.54) is 18.7 Å². The molecule has 0 spiro atoms. The summed E-state index contributed by atoms with van der Waals surface area (Å²) in [6.07, 6.45) is 6.63. The molecule has 0 aliphatic heterocycles. The van der Waals surface area contributed by atoms with Gasteiger partial charge in [0.05, 0.1) is 17.2 Å². The van der Waals surface area contributed by atoms with Crippen LogP contribution in [0.2, 0.25) is 10.2 Å². The van der Waals surface area contributed by atoms with Gasteiger partial charge in [-0.25, -0.2) is 4.98 Å². The topological polar surface area (TPSA) is 62.2 Å². The van der Waals surface area contributed by atoms with Crippen molar-refractivity contribution in [2.45, 2.75) is 32.1 Å². The number of rotatable bonds is 4. The van der Waals surface area contributed by atoms with E-state index in [-0.39, 0.29) is 28.1 Å². The van der Waals surface area contributed by atoms with Gasteiger partial charge in [-0.1, -0.05) is 42.5 Å². The minimum absolute atomic E-state index is 0.0954. The molecule has 0 unspecified atom stereocenters. The Kier molecular flexibility index (Phi) is 5.24. The molecule has 110 valence electrons. The van der Waals surface area contributed by atoms with Gasteiger partial charge in [-0.3, -0.25) is 4.79 Å². The quantitative estimate of drug-likeness (QED) is 0.839. The summed E-state index contributed by atoms with van der Waals surface area (Å²) < 4.78 is 0. The average molecular weight is 317 g/mol. The number of nitrogens with one attached hydrogen (secondary N) is 1. The monoisotopic (exact) mass is 316 g/mol. The molecule has 1 fully saturated rings. The van der Waals surface area contributed by atoms with Gasteiger partial charge in [0.2, 0.25) is 0 Å².